The first kappa shape index (κ1) is 22.1. The second-order valence-electron chi connectivity index (χ2n) is 8.28. The van der Waals surface area contributed by atoms with Crippen molar-refractivity contribution in [3.05, 3.63) is 53.1 Å². The summed E-state index contributed by atoms with van der Waals surface area (Å²) in [5, 5.41) is 13.0. The predicted molar refractivity (Wildman–Crippen MR) is 125 cm³/mol. The number of amides is 2. The Bertz CT molecular complexity index is 1080. The van der Waals surface area contributed by atoms with E-state index < -0.39 is 0 Å². The van der Waals surface area contributed by atoms with E-state index in [1.807, 2.05) is 49.2 Å². The van der Waals surface area contributed by atoms with Crippen LogP contribution in [-0.2, 0) is 4.79 Å². The lowest BCUT2D eigenvalue weighted by atomic mass is 10.1. The Labute approximate surface area is 193 Å². The number of benzene rings is 2. The molecule has 2 heterocycles. The number of hydrogen-bond donors (Lipinski definition) is 1. The van der Waals surface area contributed by atoms with Gasteiger partial charge in [0.2, 0.25) is 5.91 Å². The van der Waals surface area contributed by atoms with Gasteiger partial charge in [0.25, 0.3) is 5.91 Å². The summed E-state index contributed by atoms with van der Waals surface area (Å²) in [6, 6.07) is 14.8. The summed E-state index contributed by atoms with van der Waals surface area (Å²) in [7, 11) is 1.93. The molecule has 7 nitrogen and oxygen atoms in total. The van der Waals surface area contributed by atoms with Crippen LogP contribution in [0.4, 0.5) is 17.1 Å². The molecule has 2 aromatic rings. The van der Waals surface area contributed by atoms with Gasteiger partial charge in [0.15, 0.2) is 0 Å². The summed E-state index contributed by atoms with van der Waals surface area (Å²) in [6.45, 7) is 3.08. The molecule has 0 spiro atoms. The highest BCUT2D eigenvalue weighted by atomic mass is 35.5. The lowest BCUT2D eigenvalue weighted by molar-refractivity contribution is -0.130. The molecule has 4 rings (SSSR count). The molecular formula is C24H26ClN5O2. The van der Waals surface area contributed by atoms with E-state index in [0.29, 0.717) is 23.7 Å². The Hall–Kier alpha value is -3.08. The van der Waals surface area contributed by atoms with Crippen molar-refractivity contribution in [3.63, 3.8) is 0 Å². The highest BCUT2D eigenvalue weighted by Gasteiger charge is 2.31. The van der Waals surface area contributed by atoms with Crippen LogP contribution < -0.4 is 15.1 Å². The number of anilines is 3. The van der Waals surface area contributed by atoms with Gasteiger partial charge in [-0.3, -0.25) is 9.59 Å². The zero-order chi connectivity index (χ0) is 22.8. The van der Waals surface area contributed by atoms with Crippen molar-refractivity contribution in [2.24, 2.45) is 0 Å². The maximum atomic E-state index is 13.6. The summed E-state index contributed by atoms with van der Waals surface area (Å²) in [5.41, 5.74) is 3.05. The van der Waals surface area contributed by atoms with Crippen molar-refractivity contribution in [2.45, 2.75) is 31.8 Å². The summed E-state index contributed by atoms with van der Waals surface area (Å²) in [4.78, 5) is 31.5. The lowest BCUT2D eigenvalue weighted by Gasteiger charge is -2.28. The molecule has 32 heavy (non-hydrogen) atoms. The Morgan fingerprint density at radius 2 is 2.00 bits per heavy atom. The van der Waals surface area contributed by atoms with Gasteiger partial charge >= 0.3 is 0 Å². The van der Waals surface area contributed by atoms with Crippen molar-refractivity contribution < 1.29 is 9.59 Å². The van der Waals surface area contributed by atoms with Crippen molar-refractivity contribution in [1.82, 2.24) is 10.2 Å². The first-order valence-electron chi connectivity index (χ1n) is 10.8. The number of hydrogen-bond acceptors (Lipinski definition) is 5. The first-order chi connectivity index (χ1) is 15.4. The molecule has 0 radical (unpaired) electrons. The molecule has 2 aliphatic heterocycles. The molecule has 1 unspecified atom stereocenters. The maximum Gasteiger partial charge on any atom is 0.260 e. The number of halogens is 1. The van der Waals surface area contributed by atoms with E-state index >= 15 is 0 Å². The molecule has 1 fully saturated rings. The number of nitrogens with one attached hydrogen (secondary N) is 1. The third-order valence-corrected chi connectivity index (χ3v) is 6.34. The van der Waals surface area contributed by atoms with Crippen LogP contribution in [0, 0.1) is 11.3 Å². The second-order valence-corrected chi connectivity index (χ2v) is 8.72. The average Bonchev–Trinajstić information content (AvgIpc) is 3.26. The minimum absolute atomic E-state index is 0.0830. The van der Waals surface area contributed by atoms with E-state index in [-0.39, 0.29) is 30.4 Å². The Morgan fingerprint density at radius 1 is 1.25 bits per heavy atom. The predicted octanol–water partition coefficient (Wildman–Crippen LogP) is 3.56. The Kier molecular flexibility index (Phi) is 6.35. The fraction of sp³-hybridized carbons (Fsp3) is 0.375. The molecule has 2 aromatic carbocycles. The van der Waals surface area contributed by atoms with Gasteiger partial charge in [-0.2, -0.15) is 5.26 Å². The third kappa shape index (κ3) is 4.16. The summed E-state index contributed by atoms with van der Waals surface area (Å²) < 4.78 is 0. The van der Waals surface area contributed by atoms with Crippen LogP contribution in [0.15, 0.2) is 42.5 Å². The van der Waals surface area contributed by atoms with Crippen molar-refractivity contribution >= 4 is 40.5 Å². The van der Waals surface area contributed by atoms with Gasteiger partial charge < -0.3 is 20.0 Å². The second kappa shape index (κ2) is 9.19. The maximum absolute atomic E-state index is 13.6. The molecule has 2 atom stereocenters. The summed E-state index contributed by atoms with van der Waals surface area (Å²) in [5.74, 6) is -0.219. The summed E-state index contributed by atoms with van der Waals surface area (Å²) in [6.07, 6.45) is 1.58. The molecule has 1 N–H and O–H groups in total. The van der Waals surface area contributed by atoms with Crippen LogP contribution in [0.1, 0.15) is 30.1 Å². The monoisotopic (exact) mass is 451 g/mol. The van der Waals surface area contributed by atoms with Gasteiger partial charge in [-0.05, 0) is 50.1 Å². The molecule has 2 aliphatic rings. The number of nitriles is 1. The minimum Gasteiger partial charge on any atom is -0.342 e. The number of carbonyl (C=O) groups excluding carboxylic acids is 2. The summed E-state index contributed by atoms with van der Waals surface area (Å²) >= 11 is 6.21. The first-order valence-corrected chi connectivity index (χ1v) is 11.1. The number of nitrogens with zero attached hydrogens (tertiary/aromatic N) is 4. The van der Waals surface area contributed by atoms with E-state index in [2.05, 4.69) is 11.4 Å². The molecule has 8 heteroatoms. The Balaban J connectivity index is 1.54. The van der Waals surface area contributed by atoms with Crippen LogP contribution >= 0.6 is 11.6 Å². The van der Waals surface area contributed by atoms with Gasteiger partial charge in [-0.25, -0.2) is 0 Å². The minimum atomic E-state index is -0.338. The lowest BCUT2D eigenvalue weighted by Crippen LogP contribution is -2.47. The zero-order valence-corrected chi connectivity index (χ0v) is 19.0. The molecule has 0 saturated carbocycles. The topological polar surface area (TPSA) is 79.7 Å². The number of para-hydroxylation sites is 2. The molecule has 0 bridgehead atoms. The number of fused-ring (bicyclic) bond motifs is 2. The van der Waals surface area contributed by atoms with Crippen molar-refractivity contribution in [1.29, 1.82) is 5.26 Å². The number of carbonyl (C=O) groups is 2. The molecule has 0 aliphatic carbocycles. The van der Waals surface area contributed by atoms with E-state index in [4.69, 9.17) is 11.6 Å². The molecule has 1 saturated heterocycles. The Morgan fingerprint density at radius 3 is 2.75 bits per heavy atom. The average molecular weight is 452 g/mol. The van der Waals surface area contributed by atoms with Gasteiger partial charge in [-0.15, -0.1) is 0 Å². The van der Waals surface area contributed by atoms with E-state index in [1.165, 1.54) is 0 Å². The largest absolute Gasteiger partial charge is 0.342 e. The van der Waals surface area contributed by atoms with Crippen LogP contribution in [0.25, 0.3) is 0 Å². The fourth-order valence-corrected chi connectivity index (χ4v) is 4.59. The molecule has 166 valence electrons. The van der Waals surface area contributed by atoms with E-state index in [9.17, 15) is 14.9 Å². The SMILES string of the molecule is C[C@@H](CN1C(=O)c2cc(Cl)ccc2N(C)c2ccccc21)NCC(=O)N1CCCC1C#N. The van der Waals surface area contributed by atoms with Gasteiger partial charge in [-0.1, -0.05) is 23.7 Å². The standard InChI is InChI=1S/C24H26ClN5O2/c1-16(27-14-23(31)29-11-5-6-18(29)13-26)15-30-22-8-4-3-7-21(22)28(2)20-10-9-17(25)12-19(20)24(30)32/h3-4,7-10,12,16,18,27H,5-6,11,14-15H2,1-2H3/t16-,18?/m0/s1. The highest BCUT2D eigenvalue weighted by molar-refractivity contribution is 6.31. The number of rotatable bonds is 5. The van der Waals surface area contributed by atoms with Crippen LogP contribution in [0.3, 0.4) is 0 Å². The van der Waals surface area contributed by atoms with Gasteiger partial charge in [0.1, 0.15) is 6.04 Å². The van der Waals surface area contributed by atoms with Gasteiger partial charge in [0, 0.05) is 31.2 Å². The highest BCUT2D eigenvalue weighted by Crippen LogP contribution is 2.40. The normalized spacial score (nSPS) is 18.6. The van der Waals surface area contributed by atoms with Crippen LogP contribution in [-0.4, -0.2) is 55.5 Å². The van der Waals surface area contributed by atoms with E-state index in [1.54, 1.807) is 21.9 Å². The van der Waals surface area contributed by atoms with Crippen molar-refractivity contribution in [3.8, 4) is 6.07 Å². The molecule has 2 amide bonds. The third-order valence-electron chi connectivity index (χ3n) is 6.11. The molecule has 0 aromatic heterocycles. The number of likely N-dealkylation sites (tertiary alicyclic amines) is 1. The quantitative estimate of drug-likeness (QED) is 0.751. The van der Waals surface area contributed by atoms with Crippen molar-refractivity contribution in [2.75, 3.05) is 36.5 Å². The fourth-order valence-electron chi connectivity index (χ4n) is 4.41. The van der Waals surface area contributed by atoms with Crippen LogP contribution in [0.2, 0.25) is 5.02 Å². The zero-order valence-electron chi connectivity index (χ0n) is 18.2. The van der Waals surface area contributed by atoms with E-state index in [0.717, 1.165) is 29.9 Å². The van der Waals surface area contributed by atoms with Gasteiger partial charge in [0.05, 0.1) is 35.2 Å². The molecular weight excluding hydrogens is 426 g/mol. The van der Waals surface area contributed by atoms with Crippen LogP contribution in [0.5, 0.6) is 0 Å². The smallest absolute Gasteiger partial charge is 0.260 e.